The van der Waals surface area contributed by atoms with Crippen LogP contribution in [0, 0.1) is 0 Å². The second kappa shape index (κ2) is 4.99. The minimum absolute atomic E-state index is 0.164. The third-order valence-electron chi connectivity index (χ3n) is 2.58. The molecule has 4 heteroatoms. The van der Waals surface area contributed by atoms with Crippen molar-refractivity contribution in [3.05, 3.63) is 29.8 Å². The Hall–Kier alpha value is -1.55. The zero-order valence-corrected chi connectivity index (χ0v) is 9.31. The minimum Gasteiger partial charge on any atom is -0.508 e. The molecule has 4 nitrogen and oxygen atoms in total. The number of hydrogen-bond donors (Lipinski definition) is 3. The first-order chi connectivity index (χ1) is 7.48. The zero-order valence-electron chi connectivity index (χ0n) is 9.31. The van der Waals surface area contributed by atoms with E-state index in [-0.39, 0.29) is 12.2 Å². The molecule has 1 aromatic rings. The molecule has 4 N–H and O–H groups in total. The Bertz CT molecular complexity index is 361. The molecule has 0 radical (unpaired) electrons. The van der Waals surface area contributed by atoms with Gasteiger partial charge in [0.15, 0.2) is 0 Å². The Morgan fingerprint density at radius 1 is 1.38 bits per heavy atom. The number of aromatic hydroxyl groups is 1. The van der Waals surface area contributed by atoms with Gasteiger partial charge in [0.05, 0.1) is 0 Å². The minimum atomic E-state index is -1.22. The lowest BCUT2D eigenvalue weighted by Crippen LogP contribution is -2.49. The third kappa shape index (κ3) is 2.97. The van der Waals surface area contributed by atoms with Crippen molar-refractivity contribution in [2.75, 3.05) is 0 Å². The van der Waals surface area contributed by atoms with Crippen molar-refractivity contribution < 1.29 is 15.0 Å². The first kappa shape index (κ1) is 12.5. The van der Waals surface area contributed by atoms with E-state index in [1.165, 1.54) is 12.1 Å². The van der Waals surface area contributed by atoms with Crippen LogP contribution in [0.2, 0.25) is 0 Å². The maximum atomic E-state index is 11.1. The van der Waals surface area contributed by atoms with Crippen molar-refractivity contribution in [2.45, 2.75) is 31.7 Å². The van der Waals surface area contributed by atoms with Gasteiger partial charge in [-0.15, -0.1) is 0 Å². The van der Waals surface area contributed by atoms with E-state index >= 15 is 0 Å². The van der Waals surface area contributed by atoms with E-state index in [2.05, 4.69) is 0 Å². The predicted molar refractivity (Wildman–Crippen MR) is 61.3 cm³/mol. The van der Waals surface area contributed by atoms with Gasteiger partial charge in [-0.25, -0.2) is 0 Å². The number of carbonyl (C=O) groups is 1. The normalized spacial score (nSPS) is 14.4. The molecule has 0 amide bonds. The SMILES string of the molecule is CCCC(N)(Cc1ccc(O)cc1)C(=O)O. The molecular formula is C12H17NO3. The molecule has 1 atom stereocenters. The van der Waals surface area contributed by atoms with Gasteiger partial charge in [0.25, 0.3) is 0 Å². The average Bonchev–Trinajstić information content (AvgIpc) is 2.22. The Morgan fingerprint density at radius 3 is 2.38 bits per heavy atom. The molecule has 1 rings (SSSR count). The molecule has 0 bridgehead atoms. The van der Waals surface area contributed by atoms with Crippen LogP contribution in [0.15, 0.2) is 24.3 Å². The van der Waals surface area contributed by atoms with Crippen LogP contribution >= 0.6 is 0 Å². The number of phenolic OH excluding ortho intramolecular Hbond substituents is 1. The number of carboxylic acids is 1. The van der Waals surface area contributed by atoms with Gasteiger partial charge in [-0.1, -0.05) is 25.5 Å². The highest BCUT2D eigenvalue weighted by Crippen LogP contribution is 2.19. The van der Waals surface area contributed by atoms with Gasteiger partial charge in [-0.3, -0.25) is 4.79 Å². The van der Waals surface area contributed by atoms with Gasteiger partial charge >= 0.3 is 5.97 Å². The standard InChI is InChI=1S/C12H17NO3/c1-2-7-12(13,11(15)16)8-9-3-5-10(14)6-4-9/h3-6,14H,2,7-8,13H2,1H3,(H,15,16). The van der Waals surface area contributed by atoms with Crippen LogP contribution < -0.4 is 5.73 Å². The smallest absolute Gasteiger partial charge is 0.324 e. The molecular weight excluding hydrogens is 206 g/mol. The summed E-state index contributed by atoms with van der Waals surface area (Å²) in [6, 6.07) is 6.44. The fraction of sp³-hybridized carbons (Fsp3) is 0.417. The highest BCUT2D eigenvalue weighted by Gasteiger charge is 2.32. The van der Waals surface area contributed by atoms with Crippen LogP contribution in [0.5, 0.6) is 5.75 Å². The fourth-order valence-corrected chi connectivity index (χ4v) is 1.70. The molecule has 0 aliphatic rings. The first-order valence-corrected chi connectivity index (χ1v) is 5.28. The van der Waals surface area contributed by atoms with Gasteiger partial charge in [0.2, 0.25) is 0 Å². The van der Waals surface area contributed by atoms with Crippen LogP contribution in [0.1, 0.15) is 25.3 Å². The van der Waals surface area contributed by atoms with Gasteiger partial charge in [0, 0.05) is 6.42 Å². The van der Waals surface area contributed by atoms with Crippen molar-refractivity contribution in [2.24, 2.45) is 5.73 Å². The van der Waals surface area contributed by atoms with Crippen LogP contribution in [-0.4, -0.2) is 21.7 Å². The lowest BCUT2D eigenvalue weighted by molar-refractivity contribution is -0.143. The summed E-state index contributed by atoms with van der Waals surface area (Å²) in [7, 11) is 0. The number of phenols is 1. The summed E-state index contributed by atoms with van der Waals surface area (Å²) in [5, 5.41) is 18.2. The fourth-order valence-electron chi connectivity index (χ4n) is 1.70. The van der Waals surface area contributed by atoms with E-state index in [0.717, 1.165) is 12.0 Å². The first-order valence-electron chi connectivity index (χ1n) is 5.28. The number of benzene rings is 1. The van der Waals surface area contributed by atoms with Gasteiger partial charge < -0.3 is 15.9 Å². The number of hydrogen-bond acceptors (Lipinski definition) is 3. The number of rotatable bonds is 5. The Balaban J connectivity index is 2.83. The van der Waals surface area contributed by atoms with Gasteiger partial charge in [0.1, 0.15) is 11.3 Å². The maximum Gasteiger partial charge on any atom is 0.324 e. The quantitative estimate of drug-likeness (QED) is 0.706. The summed E-state index contributed by atoms with van der Waals surface area (Å²) in [6.45, 7) is 1.90. The molecule has 0 saturated heterocycles. The van der Waals surface area contributed by atoms with Crippen LogP contribution in [0.25, 0.3) is 0 Å². The Labute approximate surface area is 94.7 Å². The molecule has 0 fully saturated rings. The Morgan fingerprint density at radius 2 is 1.94 bits per heavy atom. The molecule has 0 saturated carbocycles. The number of aliphatic carboxylic acids is 1. The lowest BCUT2D eigenvalue weighted by atomic mass is 9.87. The van der Waals surface area contributed by atoms with E-state index in [9.17, 15) is 4.79 Å². The molecule has 16 heavy (non-hydrogen) atoms. The van der Waals surface area contributed by atoms with E-state index in [0.29, 0.717) is 6.42 Å². The van der Waals surface area contributed by atoms with E-state index < -0.39 is 11.5 Å². The number of nitrogens with two attached hydrogens (primary N) is 1. The summed E-state index contributed by atoms with van der Waals surface area (Å²) in [5.74, 6) is -0.820. The van der Waals surface area contributed by atoms with Gasteiger partial charge in [-0.05, 0) is 24.1 Å². The largest absolute Gasteiger partial charge is 0.508 e. The van der Waals surface area contributed by atoms with E-state index in [1.54, 1.807) is 12.1 Å². The second-order valence-corrected chi connectivity index (χ2v) is 4.05. The number of carboxylic acid groups (broad SMARTS) is 1. The molecule has 0 aliphatic carbocycles. The van der Waals surface area contributed by atoms with Crippen molar-refractivity contribution in [3.63, 3.8) is 0 Å². The van der Waals surface area contributed by atoms with E-state index in [4.69, 9.17) is 15.9 Å². The highest BCUT2D eigenvalue weighted by atomic mass is 16.4. The van der Waals surface area contributed by atoms with Crippen LogP contribution in [0.3, 0.4) is 0 Å². The van der Waals surface area contributed by atoms with Crippen LogP contribution in [0.4, 0.5) is 0 Å². The zero-order chi connectivity index (χ0) is 12.2. The van der Waals surface area contributed by atoms with Gasteiger partial charge in [-0.2, -0.15) is 0 Å². The van der Waals surface area contributed by atoms with Crippen molar-refractivity contribution in [1.29, 1.82) is 0 Å². The Kier molecular flexibility index (Phi) is 3.90. The average molecular weight is 223 g/mol. The molecule has 1 aromatic carbocycles. The summed E-state index contributed by atoms with van der Waals surface area (Å²) in [4.78, 5) is 11.1. The molecule has 0 heterocycles. The third-order valence-corrected chi connectivity index (χ3v) is 2.58. The predicted octanol–water partition coefficient (Wildman–Crippen LogP) is 1.52. The lowest BCUT2D eigenvalue weighted by Gasteiger charge is -2.24. The summed E-state index contributed by atoms with van der Waals surface area (Å²) < 4.78 is 0. The molecule has 88 valence electrons. The molecule has 0 spiro atoms. The second-order valence-electron chi connectivity index (χ2n) is 4.05. The molecule has 0 aliphatic heterocycles. The van der Waals surface area contributed by atoms with Crippen molar-refractivity contribution >= 4 is 5.97 Å². The molecule has 1 unspecified atom stereocenters. The van der Waals surface area contributed by atoms with Crippen molar-refractivity contribution in [1.82, 2.24) is 0 Å². The van der Waals surface area contributed by atoms with Crippen LogP contribution in [-0.2, 0) is 11.2 Å². The topological polar surface area (TPSA) is 83.5 Å². The summed E-state index contributed by atoms with van der Waals surface area (Å²) >= 11 is 0. The summed E-state index contributed by atoms with van der Waals surface area (Å²) in [5.41, 5.74) is 5.46. The van der Waals surface area contributed by atoms with Crippen molar-refractivity contribution in [3.8, 4) is 5.75 Å². The monoisotopic (exact) mass is 223 g/mol. The summed E-state index contributed by atoms with van der Waals surface area (Å²) in [6.07, 6.45) is 1.43. The van der Waals surface area contributed by atoms with E-state index in [1.807, 2.05) is 6.92 Å². The highest BCUT2D eigenvalue weighted by molar-refractivity contribution is 5.78. The molecule has 0 aromatic heterocycles. The maximum absolute atomic E-state index is 11.1.